The average Bonchev–Trinajstić information content (AvgIpc) is 2.48. The maximum atomic E-state index is 12.6. The van der Waals surface area contributed by atoms with Gasteiger partial charge in [0.1, 0.15) is 5.75 Å². The molecule has 0 bridgehead atoms. The molecule has 1 saturated heterocycles. The Morgan fingerprint density at radius 2 is 2.00 bits per heavy atom. The molecule has 3 nitrogen and oxygen atoms in total. The van der Waals surface area contributed by atoms with Gasteiger partial charge in [0.2, 0.25) is 0 Å². The van der Waals surface area contributed by atoms with Gasteiger partial charge in [0.25, 0.3) is 5.91 Å². The molecular formula is C18H27NO2. The van der Waals surface area contributed by atoms with E-state index in [-0.39, 0.29) is 12.0 Å². The summed E-state index contributed by atoms with van der Waals surface area (Å²) in [5, 5.41) is 0. The lowest BCUT2D eigenvalue weighted by molar-refractivity contribution is -0.140. The summed E-state index contributed by atoms with van der Waals surface area (Å²) >= 11 is 0. The lowest BCUT2D eigenvalue weighted by Gasteiger charge is -2.33. The van der Waals surface area contributed by atoms with E-state index in [1.165, 1.54) is 0 Å². The van der Waals surface area contributed by atoms with Crippen molar-refractivity contribution in [3.63, 3.8) is 0 Å². The second kappa shape index (κ2) is 6.97. The Hall–Kier alpha value is -1.51. The van der Waals surface area contributed by atoms with Crippen LogP contribution in [0.1, 0.15) is 44.2 Å². The Balaban J connectivity index is 2.05. The van der Waals surface area contributed by atoms with Crippen LogP contribution in [0.4, 0.5) is 0 Å². The third kappa shape index (κ3) is 3.99. The van der Waals surface area contributed by atoms with E-state index >= 15 is 0 Å². The molecule has 0 spiro atoms. The SMILES string of the molecule is CC[C@@H](Oc1cc(C)ccc1C)C(=O)N1CCC(C)CC1. The standard InChI is InChI=1S/C18H27NO2/c1-5-16(18(20)19-10-8-13(2)9-11-19)21-17-12-14(3)6-7-15(17)4/h6-7,12-13,16H,5,8-11H2,1-4H3/t16-/m1/s1. The number of hydrogen-bond acceptors (Lipinski definition) is 2. The Labute approximate surface area is 128 Å². The molecule has 1 amide bonds. The van der Waals surface area contributed by atoms with Gasteiger partial charge < -0.3 is 9.64 Å². The number of ether oxygens (including phenoxy) is 1. The molecule has 1 aliphatic heterocycles. The van der Waals surface area contributed by atoms with Crippen molar-refractivity contribution in [2.75, 3.05) is 13.1 Å². The van der Waals surface area contributed by atoms with Gasteiger partial charge in [0, 0.05) is 13.1 Å². The highest BCUT2D eigenvalue weighted by Crippen LogP contribution is 2.23. The number of carbonyl (C=O) groups is 1. The number of benzene rings is 1. The maximum Gasteiger partial charge on any atom is 0.263 e. The molecule has 1 fully saturated rings. The number of rotatable bonds is 4. The third-order valence-corrected chi connectivity index (χ3v) is 4.35. The van der Waals surface area contributed by atoms with Gasteiger partial charge in [-0.25, -0.2) is 0 Å². The van der Waals surface area contributed by atoms with Crippen molar-refractivity contribution < 1.29 is 9.53 Å². The highest BCUT2D eigenvalue weighted by atomic mass is 16.5. The van der Waals surface area contributed by atoms with E-state index < -0.39 is 0 Å². The predicted molar refractivity (Wildman–Crippen MR) is 85.6 cm³/mol. The van der Waals surface area contributed by atoms with Gasteiger partial charge in [-0.15, -0.1) is 0 Å². The summed E-state index contributed by atoms with van der Waals surface area (Å²) in [4.78, 5) is 14.6. The van der Waals surface area contributed by atoms with Crippen molar-refractivity contribution in [3.05, 3.63) is 29.3 Å². The van der Waals surface area contributed by atoms with Crippen LogP contribution < -0.4 is 4.74 Å². The molecule has 1 aromatic rings. The minimum Gasteiger partial charge on any atom is -0.480 e. The lowest BCUT2D eigenvalue weighted by Crippen LogP contribution is -2.45. The molecule has 0 radical (unpaired) electrons. The summed E-state index contributed by atoms with van der Waals surface area (Å²) in [5.74, 6) is 1.71. The van der Waals surface area contributed by atoms with Crippen molar-refractivity contribution in [2.24, 2.45) is 5.92 Å². The molecule has 0 aromatic heterocycles. The number of aryl methyl sites for hydroxylation is 2. The smallest absolute Gasteiger partial charge is 0.263 e. The zero-order valence-electron chi connectivity index (χ0n) is 13.7. The van der Waals surface area contributed by atoms with Crippen LogP contribution in [0.25, 0.3) is 0 Å². The fraction of sp³-hybridized carbons (Fsp3) is 0.611. The first-order valence-corrected chi connectivity index (χ1v) is 8.04. The van der Waals surface area contributed by atoms with Crippen LogP contribution in [0, 0.1) is 19.8 Å². The van der Waals surface area contributed by atoms with Crippen LogP contribution in [0.15, 0.2) is 18.2 Å². The van der Waals surface area contributed by atoms with Crippen molar-refractivity contribution in [2.45, 2.75) is 53.1 Å². The van der Waals surface area contributed by atoms with Crippen molar-refractivity contribution in [1.29, 1.82) is 0 Å². The first kappa shape index (κ1) is 15.9. The molecule has 21 heavy (non-hydrogen) atoms. The third-order valence-electron chi connectivity index (χ3n) is 4.35. The number of piperidine rings is 1. The number of nitrogens with zero attached hydrogens (tertiary/aromatic N) is 1. The van der Waals surface area contributed by atoms with Gasteiger partial charge in [0.05, 0.1) is 0 Å². The van der Waals surface area contributed by atoms with Gasteiger partial charge in [-0.05, 0) is 56.2 Å². The average molecular weight is 289 g/mol. The fourth-order valence-corrected chi connectivity index (χ4v) is 2.73. The molecule has 2 rings (SSSR count). The van der Waals surface area contributed by atoms with Gasteiger partial charge in [0.15, 0.2) is 6.10 Å². The molecule has 1 atom stereocenters. The molecule has 0 N–H and O–H groups in total. The predicted octanol–water partition coefficient (Wildman–Crippen LogP) is 3.72. The van der Waals surface area contributed by atoms with Crippen LogP contribution >= 0.6 is 0 Å². The summed E-state index contributed by atoms with van der Waals surface area (Å²) in [6.45, 7) is 10.1. The van der Waals surface area contributed by atoms with Gasteiger partial charge in [-0.2, -0.15) is 0 Å². The van der Waals surface area contributed by atoms with Gasteiger partial charge in [-0.3, -0.25) is 4.79 Å². The van der Waals surface area contributed by atoms with E-state index in [4.69, 9.17) is 4.74 Å². The van der Waals surface area contributed by atoms with E-state index in [2.05, 4.69) is 13.0 Å². The minimum absolute atomic E-state index is 0.144. The Morgan fingerprint density at radius 1 is 1.33 bits per heavy atom. The summed E-state index contributed by atoms with van der Waals surface area (Å²) < 4.78 is 6.03. The monoisotopic (exact) mass is 289 g/mol. The van der Waals surface area contributed by atoms with Crippen molar-refractivity contribution in [3.8, 4) is 5.75 Å². The van der Waals surface area contributed by atoms with Crippen molar-refractivity contribution >= 4 is 5.91 Å². The molecule has 3 heteroatoms. The topological polar surface area (TPSA) is 29.5 Å². The second-order valence-corrected chi connectivity index (χ2v) is 6.29. The Kier molecular flexibility index (Phi) is 5.27. The zero-order chi connectivity index (χ0) is 15.4. The van der Waals surface area contributed by atoms with Crippen LogP contribution in [0.2, 0.25) is 0 Å². The summed E-state index contributed by atoms with van der Waals surface area (Å²) in [7, 11) is 0. The van der Waals surface area contributed by atoms with E-state index in [1.54, 1.807) is 0 Å². The zero-order valence-corrected chi connectivity index (χ0v) is 13.7. The highest BCUT2D eigenvalue weighted by Gasteiger charge is 2.27. The van der Waals surface area contributed by atoms with E-state index in [9.17, 15) is 4.79 Å². The maximum absolute atomic E-state index is 12.6. The van der Waals surface area contributed by atoms with Crippen molar-refractivity contribution in [1.82, 2.24) is 4.90 Å². The number of likely N-dealkylation sites (tertiary alicyclic amines) is 1. The first-order valence-electron chi connectivity index (χ1n) is 8.04. The summed E-state index contributed by atoms with van der Waals surface area (Å²) in [6, 6.07) is 6.13. The van der Waals surface area contributed by atoms with Gasteiger partial charge >= 0.3 is 0 Å². The molecule has 1 aromatic carbocycles. The van der Waals surface area contributed by atoms with Crippen LogP contribution in [0.3, 0.4) is 0 Å². The summed E-state index contributed by atoms with van der Waals surface area (Å²) in [6.07, 6.45) is 2.55. The van der Waals surface area contributed by atoms with E-state index in [1.807, 2.05) is 37.8 Å². The highest BCUT2D eigenvalue weighted by molar-refractivity contribution is 5.81. The molecule has 0 aliphatic carbocycles. The van der Waals surface area contributed by atoms with Crippen LogP contribution in [0.5, 0.6) is 5.75 Å². The molecule has 116 valence electrons. The molecule has 0 saturated carbocycles. The van der Waals surface area contributed by atoms with E-state index in [0.29, 0.717) is 6.42 Å². The molecular weight excluding hydrogens is 262 g/mol. The minimum atomic E-state index is -0.362. The number of amides is 1. The summed E-state index contributed by atoms with van der Waals surface area (Å²) in [5.41, 5.74) is 2.24. The number of hydrogen-bond donors (Lipinski definition) is 0. The fourth-order valence-electron chi connectivity index (χ4n) is 2.73. The Bertz CT molecular complexity index is 490. The second-order valence-electron chi connectivity index (χ2n) is 6.29. The molecule has 0 unspecified atom stereocenters. The van der Waals surface area contributed by atoms with Gasteiger partial charge in [-0.1, -0.05) is 26.0 Å². The first-order chi connectivity index (χ1) is 10.0. The molecule has 1 heterocycles. The van der Waals surface area contributed by atoms with Crippen LogP contribution in [-0.2, 0) is 4.79 Å². The largest absolute Gasteiger partial charge is 0.480 e. The molecule has 1 aliphatic rings. The lowest BCUT2D eigenvalue weighted by atomic mass is 9.99. The van der Waals surface area contributed by atoms with Crippen LogP contribution in [-0.4, -0.2) is 30.0 Å². The quantitative estimate of drug-likeness (QED) is 0.845. The number of carbonyl (C=O) groups excluding carboxylic acids is 1. The van der Waals surface area contributed by atoms with E-state index in [0.717, 1.165) is 48.7 Å². The normalized spacial score (nSPS) is 17.6. The Morgan fingerprint density at radius 3 is 2.62 bits per heavy atom.